The molecule has 0 spiro atoms. The van der Waals surface area contributed by atoms with Crippen molar-refractivity contribution < 1.29 is 23.8 Å². The summed E-state index contributed by atoms with van der Waals surface area (Å²) in [4.78, 5) is 25.1. The lowest BCUT2D eigenvalue weighted by Gasteiger charge is -2.26. The lowest BCUT2D eigenvalue weighted by atomic mass is 9.87. The molecule has 1 amide bonds. The molecule has 174 valence electrons. The first-order chi connectivity index (χ1) is 15.1. The van der Waals surface area contributed by atoms with Crippen LogP contribution in [0.1, 0.15) is 73.6 Å². The lowest BCUT2D eigenvalue weighted by Crippen LogP contribution is -2.27. The summed E-state index contributed by atoms with van der Waals surface area (Å²) in [7, 11) is 1.73. The molecule has 0 radical (unpaired) electrons. The van der Waals surface area contributed by atoms with Crippen LogP contribution < -0.4 is 5.32 Å². The topological polar surface area (TPSA) is 91.7 Å². The lowest BCUT2D eigenvalue weighted by molar-refractivity contribution is -0.150. The van der Waals surface area contributed by atoms with E-state index in [1.165, 1.54) is 0 Å². The SMILES string of the molecule is CCc1nn(CCCOC(=O)C2CCC(OC)CC2)c2c1C(=O)NCCCOCCC2. The maximum atomic E-state index is 12.8. The Morgan fingerprint density at radius 2 is 2.00 bits per heavy atom. The Kier molecular flexibility index (Phi) is 9.33. The standard InChI is InChI=1S/C23H37N3O5/c1-3-19-21-20(7-4-14-30-15-5-12-24-22(21)27)26(25-19)13-6-16-31-23(28)17-8-10-18(29-2)11-9-17/h17-18H,3-16H2,1-2H3,(H,24,27). The van der Waals surface area contributed by atoms with E-state index in [0.717, 1.165) is 61.9 Å². The van der Waals surface area contributed by atoms with Crippen LogP contribution in [0.15, 0.2) is 0 Å². The minimum atomic E-state index is -0.0971. The zero-order valence-electron chi connectivity index (χ0n) is 19.0. The number of aromatic nitrogens is 2. The highest BCUT2D eigenvalue weighted by atomic mass is 16.5. The molecule has 1 aromatic rings. The second-order valence-corrected chi connectivity index (χ2v) is 8.40. The maximum Gasteiger partial charge on any atom is 0.308 e. The average molecular weight is 436 g/mol. The first-order valence-electron chi connectivity index (χ1n) is 11.8. The van der Waals surface area contributed by atoms with E-state index in [1.807, 2.05) is 11.6 Å². The van der Waals surface area contributed by atoms with Gasteiger partial charge >= 0.3 is 5.97 Å². The highest BCUT2D eigenvalue weighted by Crippen LogP contribution is 2.27. The Morgan fingerprint density at radius 3 is 2.74 bits per heavy atom. The number of carbonyl (C=O) groups is 2. The summed E-state index contributed by atoms with van der Waals surface area (Å²) in [6.45, 7) is 4.98. The van der Waals surface area contributed by atoms with Crippen molar-refractivity contribution in [3.8, 4) is 0 Å². The normalized spacial score (nSPS) is 22.8. The van der Waals surface area contributed by atoms with Crippen LogP contribution in [0.4, 0.5) is 0 Å². The number of hydrogen-bond acceptors (Lipinski definition) is 6. The van der Waals surface area contributed by atoms with E-state index in [2.05, 4.69) is 5.32 Å². The number of esters is 1. The summed E-state index contributed by atoms with van der Waals surface area (Å²) in [6.07, 6.45) is 7.58. The number of hydrogen-bond donors (Lipinski definition) is 1. The van der Waals surface area contributed by atoms with E-state index in [0.29, 0.717) is 45.8 Å². The summed E-state index contributed by atoms with van der Waals surface area (Å²) in [5, 5.41) is 7.71. The molecule has 0 bridgehead atoms. The van der Waals surface area contributed by atoms with Crippen LogP contribution in [0.5, 0.6) is 0 Å². The van der Waals surface area contributed by atoms with Crippen LogP contribution in [-0.4, -0.2) is 61.2 Å². The van der Waals surface area contributed by atoms with Crippen molar-refractivity contribution in [1.82, 2.24) is 15.1 Å². The number of rotatable bonds is 7. The monoisotopic (exact) mass is 435 g/mol. The molecule has 1 aliphatic carbocycles. The smallest absolute Gasteiger partial charge is 0.308 e. The van der Waals surface area contributed by atoms with Crippen molar-refractivity contribution in [2.45, 2.75) is 77.4 Å². The molecule has 1 N–H and O–H groups in total. The molecule has 1 aromatic heterocycles. The molecule has 1 saturated carbocycles. The summed E-state index contributed by atoms with van der Waals surface area (Å²) in [6, 6.07) is 0. The molecule has 0 aromatic carbocycles. The molecule has 0 atom stereocenters. The van der Waals surface area contributed by atoms with E-state index in [4.69, 9.17) is 19.3 Å². The van der Waals surface area contributed by atoms with Gasteiger partial charge in [-0.1, -0.05) is 6.92 Å². The molecule has 2 heterocycles. The van der Waals surface area contributed by atoms with Gasteiger partial charge in [-0.05, 0) is 51.4 Å². The molecule has 3 rings (SSSR count). The number of amides is 1. The summed E-state index contributed by atoms with van der Waals surface area (Å²) < 4.78 is 18.5. The van der Waals surface area contributed by atoms with Gasteiger partial charge in [0.15, 0.2) is 0 Å². The Hall–Kier alpha value is -1.93. The van der Waals surface area contributed by atoms with Gasteiger partial charge in [0.1, 0.15) is 0 Å². The van der Waals surface area contributed by atoms with Crippen molar-refractivity contribution in [3.05, 3.63) is 17.0 Å². The number of nitrogens with one attached hydrogen (secondary N) is 1. The Bertz CT molecular complexity index is 725. The van der Waals surface area contributed by atoms with Gasteiger partial charge in [-0.25, -0.2) is 0 Å². The number of carbonyl (C=O) groups excluding carboxylic acids is 2. The minimum absolute atomic E-state index is 0.0110. The first kappa shape index (κ1) is 23.7. The van der Waals surface area contributed by atoms with Gasteiger partial charge in [0, 0.05) is 39.8 Å². The quantitative estimate of drug-likeness (QED) is 0.523. The Labute approximate surface area is 185 Å². The first-order valence-corrected chi connectivity index (χ1v) is 11.8. The van der Waals surface area contributed by atoms with Crippen LogP contribution in [0.3, 0.4) is 0 Å². The van der Waals surface area contributed by atoms with E-state index < -0.39 is 0 Å². The fourth-order valence-electron chi connectivity index (χ4n) is 4.45. The zero-order chi connectivity index (χ0) is 22.1. The number of aryl methyl sites for hydroxylation is 2. The summed E-state index contributed by atoms with van der Waals surface area (Å²) in [5.41, 5.74) is 2.51. The highest BCUT2D eigenvalue weighted by molar-refractivity contribution is 5.96. The van der Waals surface area contributed by atoms with Gasteiger partial charge in [-0.15, -0.1) is 0 Å². The predicted octanol–water partition coefficient (Wildman–Crippen LogP) is 2.67. The molecule has 31 heavy (non-hydrogen) atoms. The van der Waals surface area contributed by atoms with Crippen LogP contribution in [0.2, 0.25) is 0 Å². The Balaban J connectivity index is 1.56. The molecule has 2 aliphatic rings. The molecular weight excluding hydrogens is 398 g/mol. The van der Waals surface area contributed by atoms with E-state index >= 15 is 0 Å². The highest BCUT2D eigenvalue weighted by Gasteiger charge is 2.27. The van der Waals surface area contributed by atoms with Gasteiger partial charge < -0.3 is 19.5 Å². The van der Waals surface area contributed by atoms with Gasteiger partial charge in [0.05, 0.1) is 35.6 Å². The van der Waals surface area contributed by atoms with Crippen LogP contribution in [0.25, 0.3) is 0 Å². The molecule has 1 aliphatic heterocycles. The van der Waals surface area contributed by atoms with E-state index in [9.17, 15) is 9.59 Å². The summed E-state index contributed by atoms with van der Waals surface area (Å²) >= 11 is 0. The number of fused-ring (bicyclic) bond motifs is 1. The van der Waals surface area contributed by atoms with Crippen molar-refractivity contribution >= 4 is 11.9 Å². The Morgan fingerprint density at radius 1 is 1.23 bits per heavy atom. The number of methoxy groups -OCH3 is 1. The number of nitrogens with zero attached hydrogens (tertiary/aromatic N) is 2. The van der Waals surface area contributed by atoms with Gasteiger partial charge in [0.2, 0.25) is 0 Å². The third-order valence-corrected chi connectivity index (χ3v) is 6.24. The minimum Gasteiger partial charge on any atom is -0.465 e. The van der Waals surface area contributed by atoms with Crippen molar-refractivity contribution in [2.24, 2.45) is 5.92 Å². The molecule has 0 saturated heterocycles. The van der Waals surface area contributed by atoms with Crippen LogP contribution in [0, 0.1) is 5.92 Å². The molecule has 8 heteroatoms. The van der Waals surface area contributed by atoms with Gasteiger partial charge in [0.25, 0.3) is 5.91 Å². The summed E-state index contributed by atoms with van der Waals surface area (Å²) in [5.74, 6) is -0.152. The second kappa shape index (κ2) is 12.2. The zero-order valence-corrected chi connectivity index (χ0v) is 19.0. The van der Waals surface area contributed by atoms with Crippen molar-refractivity contribution in [3.63, 3.8) is 0 Å². The predicted molar refractivity (Wildman–Crippen MR) is 116 cm³/mol. The molecular formula is C23H37N3O5. The van der Waals surface area contributed by atoms with E-state index in [1.54, 1.807) is 7.11 Å². The average Bonchev–Trinajstić information content (AvgIpc) is 3.13. The molecule has 1 fully saturated rings. The van der Waals surface area contributed by atoms with Crippen LogP contribution in [-0.2, 0) is 38.4 Å². The molecule has 0 unspecified atom stereocenters. The van der Waals surface area contributed by atoms with E-state index in [-0.39, 0.29) is 23.9 Å². The largest absolute Gasteiger partial charge is 0.465 e. The third-order valence-electron chi connectivity index (χ3n) is 6.24. The second-order valence-electron chi connectivity index (χ2n) is 8.40. The fraction of sp³-hybridized carbons (Fsp3) is 0.783. The van der Waals surface area contributed by atoms with Crippen molar-refractivity contribution in [1.29, 1.82) is 0 Å². The number of ether oxygens (including phenoxy) is 3. The van der Waals surface area contributed by atoms with Crippen molar-refractivity contribution in [2.75, 3.05) is 33.5 Å². The third kappa shape index (κ3) is 6.53. The van der Waals surface area contributed by atoms with Gasteiger partial charge in [-0.2, -0.15) is 5.10 Å². The molecule has 8 nitrogen and oxygen atoms in total. The van der Waals surface area contributed by atoms with Gasteiger partial charge in [-0.3, -0.25) is 14.3 Å². The maximum absolute atomic E-state index is 12.8. The fourth-order valence-corrected chi connectivity index (χ4v) is 4.45. The van der Waals surface area contributed by atoms with Crippen LogP contribution >= 0.6 is 0 Å².